The van der Waals surface area contributed by atoms with Crippen molar-refractivity contribution < 1.29 is 9.59 Å². The molecular formula is C24H20N2O2S. The molecular weight excluding hydrogens is 380 g/mol. The van der Waals surface area contributed by atoms with E-state index in [0.717, 1.165) is 21.9 Å². The van der Waals surface area contributed by atoms with Gasteiger partial charge in [-0.2, -0.15) is 0 Å². The van der Waals surface area contributed by atoms with Crippen LogP contribution in [-0.4, -0.2) is 22.7 Å². The maximum absolute atomic E-state index is 13.2. The van der Waals surface area contributed by atoms with Gasteiger partial charge in [0, 0.05) is 24.2 Å². The topological polar surface area (TPSA) is 59.1 Å². The van der Waals surface area contributed by atoms with Gasteiger partial charge in [-0.1, -0.05) is 54.6 Å². The van der Waals surface area contributed by atoms with E-state index in [-0.39, 0.29) is 18.1 Å². The second kappa shape index (κ2) is 8.80. The van der Waals surface area contributed by atoms with E-state index in [1.165, 1.54) is 11.3 Å². The number of Topliss-reactive ketones (excluding diaryl/α,β-unsaturated/α-hetero) is 1. The summed E-state index contributed by atoms with van der Waals surface area (Å²) in [7, 11) is 0. The first kappa shape index (κ1) is 19.0. The molecule has 4 aromatic rings. The summed E-state index contributed by atoms with van der Waals surface area (Å²) < 4.78 is 0. The maximum atomic E-state index is 13.2. The molecule has 0 saturated heterocycles. The van der Waals surface area contributed by atoms with Crippen LogP contribution in [0, 0.1) is 0 Å². The van der Waals surface area contributed by atoms with Gasteiger partial charge < -0.3 is 5.32 Å². The zero-order chi connectivity index (χ0) is 20.1. The van der Waals surface area contributed by atoms with E-state index >= 15 is 0 Å². The van der Waals surface area contributed by atoms with Crippen molar-refractivity contribution in [3.63, 3.8) is 0 Å². The number of nitrogens with one attached hydrogen (secondary N) is 1. The highest BCUT2D eigenvalue weighted by molar-refractivity contribution is 7.12. The number of carbonyl (C=O) groups excluding carboxylic acids is 2. The molecule has 1 atom stereocenters. The highest BCUT2D eigenvalue weighted by Crippen LogP contribution is 2.19. The minimum Gasteiger partial charge on any atom is -0.341 e. The molecule has 0 bridgehead atoms. The lowest BCUT2D eigenvalue weighted by Crippen LogP contribution is -2.43. The van der Waals surface area contributed by atoms with Crippen LogP contribution in [0.2, 0.25) is 0 Å². The van der Waals surface area contributed by atoms with Gasteiger partial charge in [-0.05, 0) is 40.4 Å². The third kappa shape index (κ3) is 4.58. The molecule has 1 N–H and O–H groups in total. The molecule has 4 rings (SSSR count). The first-order valence-corrected chi connectivity index (χ1v) is 10.3. The molecule has 0 fully saturated rings. The van der Waals surface area contributed by atoms with Crippen molar-refractivity contribution in [3.8, 4) is 0 Å². The van der Waals surface area contributed by atoms with Crippen LogP contribution in [0.4, 0.5) is 0 Å². The molecule has 0 aliphatic heterocycles. The molecule has 29 heavy (non-hydrogen) atoms. The van der Waals surface area contributed by atoms with Gasteiger partial charge in [-0.3, -0.25) is 14.6 Å². The average molecular weight is 401 g/mol. The van der Waals surface area contributed by atoms with Gasteiger partial charge in [0.2, 0.25) is 0 Å². The highest BCUT2D eigenvalue weighted by Gasteiger charge is 2.23. The Bertz CT molecular complexity index is 1120. The van der Waals surface area contributed by atoms with Crippen LogP contribution in [-0.2, 0) is 17.6 Å². The number of thiophene rings is 1. The predicted molar refractivity (Wildman–Crippen MR) is 116 cm³/mol. The van der Waals surface area contributed by atoms with E-state index in [9.17, 15) is 9.59 Å². The summed E-state index contributed by atoms with van der Waals surface area (Å²) in [5, 5.41) is 6.81. The summed E-state index contributed by atoms with van der Waals surface area (Å²) in [5.74, 6) is -0.223. The number of hydrogen-bond donors (Lipinski definition) is 1. The lowest BCUT2D eigenvalue weighted by molar-refractivity contribution is -0.120. The Morgan fingerprint density at radius 3 is 2.62 bits per heavy atom. The minimum atomic E-state index is -0.593. The standard InChI is InChI=1S/C24H20N2O2S/c27-22(15-18-8-4-9-19-16-25-12-11-20(18)19)21(14-17-6-2-1-3-7-17)26-24(28)23-10-5-13-29-23/h1-13,16,21H,14-15H2,(H,26,28). The van der Waals surface area contributed by atoms with Gasteiger partial charge in [0.1, 0.15) is 0 Å². The number of benzene rings is 2. The van der Waals surface area contributed by atoms with E-state index in [1.807, 2.05) is 66.0 Å². The number of pyridine rings is 1. The molecule has 0 spiro atoms. The summed E-state index contributed by atoms with van der Waals surface area (Å²) in [4.78, 5) is 30.6. The summed E-state index contributed by atoms with van der Waals surface area (Å²) in [6.45, 7) is 0. The van der Waals surface area contributed by atoms with E-state index < -0.39 is 6.04 Å². The van der Waals surface area contributed by atoms with E-state index in [0.29, 0.717) is 11.3 Å². The van der Waals surface area contributed by atoms with Crippen LogP contribution in [0.1, 0.15) is 20.8 Å². The summed E-state index contributed by atoms with van der Waals surface area (Å²) in [6, 6.07) is 20.6. The van der Waals surface area contributed by atoms with E-state index in [2.05, 4.69) is 10.3 Å². The molecule has 1 amide bonds. The number of amides is 1. The monoisotopic (exact) mass is 400 g/mol. The van der Waals surface area contributed by atoms with Gasteiger partial charge in [-0.25, -0.2) is 0 Å². The van der Waals surface area contributed by atoms with Gasteiger partial charge >= 0.3 is 0 Å². The molecule has 0 aliphatic carbocycles. The second-order valence-corrected chi connectivity index (χ2v) is 7.80. The number of fused-ring (bicyclic) bond motifs is 1. The maximum Gasteiger partial charge on any atom is 0.261 e. The lowest BCUT2D eigenvalue weighted by Gasteiger charge is -2.18. The Morgan fingerprint density at radius 2 is 1.83 bits per heavy atom. The van der Waals surface area contributed by atoms with Crippen LogP contribution in [0.15, 0.2) is 84.5 Å². The zero-order valence-electron chi connectivity index (χ0n) is 15.7. The third-order valence-corrected chi connectivity index (χ3v) is 5.73. The van der Waals surface area contributed by atoms with Crippen molar-refractivity contribution in [2.45, 2.75) is 18.9 Å². The molecule has 0 saturated carbocycles. The number of carbonyl (C=O) groups is 2. The fourth-order valence-electron chi connectivity index (χ4n) is 3.39. The number of ketones is 1. The van der Waals surface area contributed by atoms with Crippen molar-refractivity contribution in [1.82, 2.24) is 10.3 Å². The van der Waals surface area contributed by atoms with E-state index in [4.69, 9.17) is 0 Å². The van der Waals surface area contributed by atoms with Gasteiger partial charge in [0.25, 0.3) is 5.91 Å². The molecule has 0 aliphatic rings. The first-order valence-electron chi connectivity index (χ1n) is 9.43. The molecule has 4 nitrogen and oxygen atoms in total. The fourth-order valence-corrected chi connectivity index (χ4v) is 4.01. The van der Waals surface area contributed by atoms with Crippen LogP contribution in [0.5, 0.6) is 0 Å². The SMILES string of the molecule is O=C(NC(Cc1ccccc1)C(=O)Cc1cccc2cnccc12)c1cccs1. The molecule has 0 radical (unpaired) electrons. The van der Waals surface area contributed by atoms with Crippen molar-refractivity contribution in [2.75, 3.05) is 0 Å². The summed E-state index contributed by atoms with van der Waals surface area (Å²) in [5.41, 5.74) is 1.96. The van der Waals surface area contributed by atoms with Crippen LogP contribution in [0.25, 0.3) is 10.8 Å². The average Bonchev–Trinajstić information content (AvgIpc) is 3.29. The number of hydrogen-bond acceptors (Lipinski definition) is 4. The summed E-state index contributed by atoms with van der Waals surface area (Å²) in [6.07, 6.45) is 4.24. The van der Waals surface area contributed by atoms with Crippen molar-refractivity contribution in [2.24, 2.45) is 0 Å². The van der Waals surface area contributed by atoms with Gasteiger partial charge in [0.05, 0.1) is 10.9 Å². The fraction of sp³-hybridized carbons (Fsp3) is 0.125. The van der Waals surface area contributed by atoms with Crippen LogP contribution < -0.4 is 5.32 Å². The Balaban J connectivity index is 1.58. The van der Waals surface area contributed by atoms with Crippen molar-refractivity contribution >= 4 is 33.8 Å². The minimum absolute atomic E-state index is 0.0110. The molecule has 1 unspecified atom stereocenters. The predicted octanol–water partition coefficient (Wildman–Crippen LogP) is 4.45. The zero-order valence-corrected chi connectivity index (χ0v) is 16.6. The molecule has 2 aromatic carbocycles. The van der Waals surface area contributed by atoms with Crippen LogP contribution in [0.3, 0.4) is 0 Å². The Morgan fingerprint density at radius 1 is 0.966 bits per heavy atom. The molecule has 5 heteroatoms. The lowest BCUT2D eigenvalue weighted by atomic mass is 9.95. The highest BCUT2D eigenvalue weighted by atomic mass is 32.1. The third-order valence-electron chi connectivity index (χ3n) is 4.86. The van der Waals surface area contributed by atoms with Crippen molar-refractivity contribution in [1.29, 1.82) is 0 Å². The van der Waals surface area contributed by atoms with Gasteiger partial charge in [0.15, 0.2) is 5.78 Å². The number of rotatable bonds is 7. The summed E-state index contributed by atoms with van der Waals surface area (Å²) >= 11 is 1.37. The second-order valence-electron chi connectivity index (χ2n) is 6.85. The Labute approximate surface area is 173 Å². The van der Waals surface area contributed by atoms with Crippen LogP contribution >= 0.6 is 11.3 Å². The van der Waals surface area contributed by atoms with Crippen molar-refractivity contribution in [3.05, 3.63) is 101 Å². The number of nitrogens with zero attached hydrogens (tertiary/aromatic N) is 1. The Hall–Kier alpha value is -3.31. The number of aromatic nitrogens is 1. The normalized spacial score (nSPS) is 11.9. The van der Waals surface area contributed by atoms with E-state index in [1.54, 1.807) is 18.5 Å². The van der Waals surface area contributed by atoms with Gasteiger partial charge in [-0.15, -0.1) is 11.3 Å². The molecule has 2 aromatic heterocycles. The largest absolute Gasteiger partial charge is 0.341 e. The quantitative estimate of drug-likeness (QED) is 0.499. The molecule has 144 valence electrons. The first-order chi connectivity index (χ1) is 14.2. The Kier molecular flexibility index (Phi) is 5.77. The molecule has 2 heterocycles. The smallest absolute Gasteiger partial charge is 0.261 e.